The summed E-state index contributed by atoms with van der Waals surface area (Å²) >= 11 is 0. The van der Waals surface area contributed by atoms with Gasteiger partial charge in [0, 0.05) is 12.5 Å². The summed E-state index contributed by atoms with van der Waals surface area (Å²) in [5, 5.41) is 0. The number of rotatable bonds is 18. The summed E-state index contributed by atoms with van der Waals surface area (Å²) in [6, 6.07) is -1.15. The zero-order chi connectivity index (χ0) is 47.9. The lowest BCUT2D eigenvalue weighted by Gasteiger charge is -2.59. The Bertz CT molecular complexity index is 1580. The number of hydrogen-bond donors (Lipinski definition) is 0. The van der Waals surface area contributed by atoms with Crippen molar-refractivity contribution in [2.24, 2.45) is 46.3 Å². The Balaban J connectivity index is 1.54. The molecule has 8 atom stereocenters. The molecule has 4 aliphatic carbocycles. The molecule has 0 aromatic rings. The van der Waals surface area contributed by atoms with Crippen molar-refractivity contribution >= 4 is 8.32 Å². The first-order valence-corrected chi connectivity index (χ1v) is 24.1. The van der Waals surface area contributed by atoms with Gasteiger partial charge in [-0.2, -0.15) is 74.6 Å². The second-order valence-electron chi connectivity index (χ2n) is 20.7. The Morgan fingerprint density at radius 3 is 1.65 bits per heavy atom. The average molecular weight is 947 g/mol. The molecule has 62 heavy (non-hydrogen) atoms. The van der Waals surface area contributed by atoms with Gasteiger partial charge in [0.05, 0.1) is 0 Å². The summed E-state index contributed by atoms with van der Waals surface area (Å²) in [5.41, 5.74) is -0.359. The van der Waals surface area contributed by atoms with Crippen molar-refractivity contribution in [1.82, 2.24) is 0 Å². The van der Waals surface area contributed by atoms with E-state index in [9.17, 15) is 65.9 Å². The van der Waals surface area contributed by atoms with Crippen molar-refractivity contribution in [2.45, 2.75) is 210 Å². The van der Waals surface area contributed by atoms with E-state index >= 15 is 8.78 Å². The molecule has 0 bridgehead atoms. The van der Waals surface area contributed by atoms with E-state index in [1.807, 2.05) is 0 Å². The van der Waals surface area contributed by atoms with Crippen molar-refractivity contribution in [3.63, 3.8) is 0 Å². The number of allylic oxidation sites excluding steroid dienone is 1. The molecule has 0 amide bonds. The van der Waals surface area contributed by atoms with Gasteiger partial charge in [-0.15, -0.1) is 0 Å². The van der Waals surface area contributed by atoms with Crippen LogP contribution in [0.3, 0.4) is 0 Å². The molecule has 0 saturated heterocycles. The maximum absolute atomic E-state index is 15.3. The first-order valence-electron chi connectivity index (χ1n) is 21.9. The number of halogens is 17. The van der Waals surface area contributed by atoms with E-state index in [2.05, 4.69) is 40.7 Å². The fourth-order valence-corrected chi connectivity index (χ4v) is 17.0. The van der Waals surface area contributed by atoms with Crippen LogP contribution in [0.2, 0.25) is 17.1 Å². The number of alkyl halides is 17. The Hall–Kier alpha value is -1.27. The van der Waals surface area contributed by atoms with Crippen LogP contribution in [0.1, 0.15) is 139 Å². The van der Waals surface area contributed by atoms with Gasteiger partial charge >= 0.3 is 47.6 Å². The molecule has 0 heterocycles. The first kappa shape index (κ1) is 53.3. The third kappa shape index (κ3) is 8.28. The molecule has 3 saturated carbocycles. The first-order chi connectivity index (χ1) is 27.8. The van der Waals surface area contributed by atoms with Crippen LogP contribution >= 0.6 is 0 Å². The minimum Gasteiger partial charge on any atom is -0.413 e. The molecule has 364 valence electrons. The highest BCUT2D eigenvalue weighted by atomic mass is 28.4. The summed E-state index contributed by atoms with van der Waals surface area (Å²) in [4.78, 5) is 0. The predicted octanol–water partition coefficient (Wildman–Crippen LogP) is 16.6. The standard InChI is InChI=1S/C43H63F17OSi/c1-24(2)11-10-12-27(7)31-15-16-32-30-14-13-28-23-29(17-19-34(28,8)33(30)18-20-35(31,32)9)61-62(25(3)4,26(5)6)22-21-36(44,45)37(46,47)38(48,49)39(50,51)40(52,53)41(54,55)42(56,57)43(58,59)60/h13,24-27,29-33H,10-12,14-23H2,1-9H3/t27-,29+,30+,31-,32+,33+,34+,35-/m1/s1. The van der Waals surface area contributed by atoms with Crippen molar-refractivity contribution in [3.8, 4) is 0 Å². The second-order valence-corrected chi connectivity index (χ2v) is 25.6. The van der Waals surface area contributed by atoms with Gasteiger partial charge in [0.1, 0.15) is 0 Å². The van der Waals surface area contributed by atoms with Gasteiger partial charge in [0.15, 0.2) is 8.32 Å². The lowest BCUT2D eigenvalue weighted by molar-refractivity contribution is -0.461. The van der Waals surface area contributed by atoms with Crippen LogP contribution in [-0.2, 0) is 4.43 Å². The zero-order valence-electron chi connectivity index (χ0n) is 36.8. The van der Waals surface area contributed by atoms with Crippen LogP contribution in [0.25, 0.3) is 0 Å². The SMILES string of the molecule is CC(C)CCC[C@@H](C)[C@H]1CC[C@H]2[C@@H]3CC=C4C[C@@H](O[Si](CCC(F)(F)C(F)(F)C(F)(F)C(F)(F)C(F)(F)C(F)(F)C(F)(F)C(F)(F)F)(C(C)C)C(C)C)CC[C@]4(C)[C@H]3CC[C@]12C. The van der Waals surface area contributed by atoms with Gasteiger partial charge in [0.2, 0.25) is 0 Å². The summed E-state index contributed by atoms with van der Waals surface area (Å²) in [7, 11) is -3.89. The van der Waals surface area contributed by atoms with Gasteiger partial charge in [-0.25, -0.2) is 0 Å². The molecule has 0 N–H and O–H groups in total. The van der Waals surface area contributed by atoms with E-state index in [0.29, 0.717) is 54.8 Å². The van der Waals surface area contributed by atoms with E-state index in [1.54, 1.807) is 0 Å². The molecular formula is C43H63F17OSi. The maximum atomic E-state index is 15.3. The Morgan fingerprint density at radius 1 is 0.629 bits per heavy atom. The number of hydrogen-bond acceptors (Lipinski definition) is 1. The molecule has 4 aliphatic rings. The lowest BCUT2D eigenvalue weighted by atomic mass is 9.47. The van der Waals surface area contributed by atoms with E-state index in [0.717, 1.165) is 31.3 Å². The smallest absolute Gasteiger partial charge is 0.413 e. The molecule has 0 radical (unpaired) electrons. The third-order valence-corrected chi connectivity index (χ3v) is 21.9. The van der Waals surface area contributed by atoms with Crippen LogP contribution < -0.4 is 0 Å². The minimum atomic E-state index is -8.63. The minimum absolute atomic E-state index is 0.215. The van der Waals surface area contributed by atoms with Gasteiger partial charge < -0.3 is 4.43 Å². The van der Waals surface area contributed by atoms with E-state index in [-0.39, 0.29) is 10.8 Å². The molecule has 1 nitrogen and oxygen atoms in total. The highest BCUT2D eigenvalue weighted by molar-refractivity contribution is 6.76. The quantitative estimate of drug-likeness (QED) is 0.0756. The summed E-state index contributed by atoms with van der Waals surface area (Å²) in [6.45, 7) is 17.5. The van der Waals surface area contributed by atoms with E-state index in [1.165, 1.54) is 53.4 Å². The largest absolute Gasteiger partial charge is 0.460 e. The third-order valence-electron chi connectivity index (χ3n) is 16.2. The van der Waals surface area contributed by atoms with Crippen molar-refractivity contribution in [2.75, 3.05) is 0 Å². The fraction of sp³-hybridized carbons (Fsp3) is 0.953. The molecule has 0 aromatic carbocycles. The van der Waals surface area contributed by atoms with Crippen LogP contribution in [-0.4, -0.2) is 62.1 Å². The topological polar surface area (TPSA) is 9.23 Å². The molecule has 19 heteroatoms. The maximum Gasteiger partial charge on any atom is 0.460 e. The van der Waals surface area contributed by atoms with Gasteiger partial charge in [-0.1, -0.05) is 93.2 Å². The monoisotopic (exact) mass is 946 g/mol. The average Bonchev–Trinajstić information content (AvgIpc) is 3.49. The van der Waals surface area contributed by atoms with Gasteiger partial charge in [-0.05, 0) is 115 Å². The van der Waals surface area contributed by atoms with Crippen LogP contribution in [0.15, 0.2) is 11.6 Å². The summed E-state index contributed by atoms with van der Waals surface area (Å²) in [5.74, 6) is -53.0. The molecule has 3 fully saturated rings. The summed E-state index contributed by atoms with van der Waals surface area (Å²) < 4.78 is 245. The second kappa shape index (κ2) is 17.1. The predicted molar refractivity (Wildman–Crippen MR) is 204 cm³/mol. The molecule has 0 aromatic heterocycles. The molecule has 0 spiro atoms. The van der Waals surface area contributed by atoms with Crippen LogP contribution in [0, 0.1) is 46.3 Å². The Kier molecular flexibility index (Phi) is 14.7. The van der Waals surface area contributed by atoms with Gasteiger partial charge in [0.25, 0.3) is 0 Å². The Morgan fingerprint density at radius 2 is 1.15 bits per heavy atom. The molecule has 4 rings (SSSR count). The van der Waals surface area contributed by atoms with E-state index < -0.39 is 85.6 Å². The number of fused-ring (bicyclic) bond motifs is 5. The van der Waals surface area contributed by atoms with Crippen LogP contribution in [0.5, 0.6) is 0 Å². The highest BCUT2D eigenvalue weighted by Gasteiger charge is 2.95. The Labute approximate surface area is 355 Å². The lowest BCUT2D eigenvalue weighted by Crippen LogP contribution is -2.74. The summed E-state index contributed by atoms with van der Waals surface area (Å²) in [6.07, 6.45) is 1.58. The van der Waals surface area contributed by atoms with Crippen LogP contribution in [0.4, 0.5) is 74.6 Å². The van der Waals surface area contributed by atoms with Gasteiger partial charge in [-0.3, -0.25) is 0 Å². The fourth-order valence-electron chi connectivity index (χ4n) is 12.3. The van der Waals surface area contributed by atoms with Crippen molar-refractivity contribution < 1.29 is 79.1 Å². The van der Waals surface area contributed by atoms with Crippen molar-refractivity contribution in [3.05, 3.63) is 11.6 Å². The molecule has 0 aliphatic heterocycles. The van der Waals surface area contributed by atoms with Crippen molar-refractivity contribution in [1.29, 1.82) is 0 Å². The molecular weight excluding hydrogens is 884 g/mol. The normalized spacial score (nSPS) is 30.4. The molecule has 0 unspecified atom stereocenters. The highest BCUT2D eigenvalue weighted by Crippen LogP contribution is 2.68. The zero-order valence-corrected chi connectivity index (χ0v) is 37.8. The van der Waals surface area contributed by atoms with E-state index in [4.69, 9.17) is 4.43 Å².